The monoisotopic (exact) mass is 297 g/mol. The van der Waals surface area contributed by atoms with E-state index in [4.69, 9.17) is 11.6 Å². The number of nitrogens with zero attached hydrogens (tertiary/aromatic N) is 5. The maximum Gasteiger partial charge on any atom is 0.307 e. The van der Waals surface area contributed by atoms with Gasteiger partial charge in [0.1, 0.15) is 18.4 Å². The van der Waals surface area contributed by atoms with E-state index < -0.39 is 11.0 Å². The second kappa shape index (κ2) is 5.04. The van der Waals surface area contributed by atoms with E-state index in [2.05, 4.69) is 10.2 Å². The van der Waals surface area contributed by atoms with Gasteiger partial charge in [0.2, 0.25) is 0 Å². The van der Waals surface area contributed by atoms with E-state index in [1.165, 1.54) is 15.6 Å². The third kappa shape index (κ3) is 2.29. The summed E-state index contributed by atoms with van der Waals surface area (Å²) < 4.78 is 2.42. The maximum absolute atomic E-state index is 12.3. The fraction of sp³-hybridized carbons (Fsp3) is 0.364. The molecule has 2 aromatic rings. The molecule has 20 heavy (non-hydrogen) atoms. The molecule has 0 amide bonds. The Labute approximate surface area is 119 Å². The molecule has 0 saturated carbocycles. The van der Waals surface area contributed by atoms with Crippen molar-refractivity contribution < 1.29 is 9.72 Å². The molecule has 0 aromatic carbocycles. The van der Waals surface area contributed by atoms with E-state index >= 15 is 0 Å². The second-order valence-electron chi connectivity index (χ2n) is 4.35. The van der Waals surface area contributed by atoms with E-state index in [9.17, 15) is 14.9 Å². The molecule has 0 N–H and O–H groups in total. The van der Waals surface area contributed by atoms with Crippen molar-refractivity contribution in [2.75, 3.05) is 0 Å². The van der Waals surface area contributed by atoms with Crippen LogP contribution in [0.25, 0.3) is 0 Å². The zero-order valence-electron chi connectivity index (χ0n) is 11.1. The first-order valence-corrected chi connectivity index (χ1v) is 6.15. The van der Waals surface area contributed by atoms with Crippen molar-refractivity contribution in [2.24, 2.45) is 0 Å². The number of rotatable bonds is 3. The Balaban J connectivity index is 2.32. The molecule has 2 aromatic heterocycles. The maximum atomic E-state index is 12.3. The highest BCUT2D eigenvalue weighted by atomic mass is 35.5. The van der Waals surface area contributed by atoms with E-state index in [0.717, 1.165) is 6.20 Å². The molecule has 8 nitrogen and oxygen atoms in total. The zero-order valence-corrected chi connectivity index (χ0v) is 11.8. The van der Waals surface area contributed by atoms with Gasteiger partial charge < -0.3 is 0 Å². The van der Waals surface area contributed by atoms with E-state index in [1.54, 1.807) is 20.8 Å². The normalized spacial score (nSPS) is 12.4. The van der Waals surface area contributed by atoms with Crippen LogP contribution in [0.1, 0.15) is 29.1 Å². The number of hydrogen-bond donors (Lipinski definition) is 0. The average Bonchev–Trinajstić information content (AvgIpc) is 2.99. The summed E-state index contributed by atoms with van der Waals surface area (Å²) in [6, 6.07) is -0.724. The van der Waals surface area contributed by atoms with Gasteiger partial charge in [-0.2, -0.15) is 10.2 Å². The van der Waals surface area contributed by atoms with Gasteiger partial charge in [-0.05, 0) is 20.8 Å². The highest BCUT2D eigenvalue weighted by Gasteiger charge is 2.24. The Morgan fingerprint density at radius 3 is 2.60 bits per heavy atom. The molecule has 0 aliphatic heterocycles. The SMILES string of the molecule is Cc1nn(C(=O)[C@@H](C)n2cc([N+](=O)[O-])cn2)c(C)c1Cl. The standard InChI is InChI=1S/C11H12ClN5O3/c1-6-10(12)7(2)16(14-6)11(18)8(3)15-5-9(4-13-15)17(19)20/h4-5,8H,1-3H3/t8-/m1/s1. The average molecular weight is 298 g/mol. The summed E-state index contributed by atoms with van der Waals surface area (Å²) in [5.41, 5.74) is 0.912. The summed E-state index contributed by atoms with van der Waals surface area (Å²) in [7, 11) is 0. The first-order chi connectivity index (χ1) is 9.32. The molecule has 9 heteroatoms. The smallest absolute Gasteiger partial charge is 0.270 e. The molecule has 1 atom stereocenters. The lowest BCUT2D eigenvalue weighted by molar-refractivity contribution is -0.385. The van der Waals surface area contributed by atoms with Crippen LogP contribution in [-0.4, -0.2) is 30.4 Å². The predicted molar refractivity (Wildman–Crippen MR) is 70.9 cm³/mol. The van der Waals surface area contributed by atoms with Crippen LogP contribution >= 0.6 is 11.6 Å². The minimum atomic E-state index is -0.724. The highest BCUT2D eigenvalue weighted by Crippen LogP contribution is 2.21. The number of carbonyl (C=O) groups excluding carboxylic acids is 1. The number of aryl methyl sites for hydroxylation is 1. The van der Waals surface area contributed by atoms with Crippen LogP contribution in [0.15, 0.2) is 12.4 Å². The lowest BCUT2D eigenvalue weighted by atomic mass is 10.3. The van der Waals surface area contributed by atoms with Crippen LogP contribution in [0.2, 0.25) is 5.02 Å². The number of halogens is 1. The molecule has 0 unspecified atom stereocenters. The van der Waals surface area contributed by atoms with Crippen molar-refractivity contribution in [3.63, 3.8) is 0 Å². The third-order valence-corrected chi connectivity index (χ3v) is 3.51. The van der Waals surface area contributed by atoms with E-state index in [0.29, 0.717) is 16.4 Å². The number of carbonyl (C=O) groups is 1. The second-order valence-corrected chi connectivity index (χ2v) is 4.72. The van der Waals surface area contributed by atoms with Gasteiger partial charge in [-0.3, -0.25) is 19.6 Å². The summed E-state index contributed by atoms with van der Waals surface area (Å²) in [5, 5.41) is 18.9. The molecule has 106 valence electrons. The molecule has 0 bridgehead atoms. The van der Waals surface area contributed by atoms with Crippen molar-refractivity contribution in [3.8, 4) is 0 Å². The van der Waals surface area contributed by atoms with Crippen LogP contribution in [0.4, 0.5) is 5.69 Å². The molecule has 0 spiro atoms. The first-order valence-electron chi connectivity index (χ1n) is 5.77. The Hall–Kier alpha value is -2.22. The Kier molecular flexibility index (Phi) is 3.58. The number of aromatic nitrogens is 4. The molecule has 2 rings (SSSR count). The van der Waals surface area contributed by atoms with Crippen molar-refractivity contribution in [2.45, 2.75) is 26.8 Å². The fourth-order valence-corrected chi connectivity index (χ4v) is 1.88. The molecular weight excluding hydrogens is 286 g/mol. The van der Waals surface area contributed by atoms with Gasteiger partial charge in [-0.25, -0.2) is 4.68 Å². The molecular formula is C11H12ClN5O3. The molecule has 2 heterocycles. The van der Waals surface area contributed by atoms with Gasteiger partial charge in [-0.15, -0.1) is 0 Å². The Morgan fingerprint density at radius 1 is 1.50 bits per heavy atom. The van der Waals surface area contributed by atoms with Crippen LogP contribution < -0.4 is 0 Å². The zero-order chi connectivity index (χ0) is 15.0. The van der Waals surface area contributed by atoms with Crippen LogP contribution in [0, 0.1) is 24.0 Å². The highest BCUT2D eigenvalue weighted by molar-refractivity contribution is 6.32. The lowest BCUT2D eigenvalue weighted by Gasteiger charge is -2.11. The topological polar surface area (TPSA) is 95.8 Å². The fourth-order valence-electron chi connectivity index (χ4n) is 1.76. The molecule has 0 fully saturated rings. The minimum absolute atomic E-state index is 0.170. The summed E-state index contributed by atoms with van der Waals surface area (Å²) in [6.07, 6.45) is 2.30. The summed E-state index contributed by atoms with van der Waals surface area (Å²) >= 11 is 5.99. The van der Waals surface area contributed by atoms with Crippen molar-refractivity contribution in [1.29, 1.82) is 0 Å². The molecule has 0 aliphatic rings. The quantitative estimate of drug-likeness (QED) is 0.639. The molecule has 0 aliphatic carbocycles. The van der Waals surface area contributed by atoms with Gasteiger partial charge in [-0.1, -0.05) is 11.6 Å². The van der Waals surface area contributed by atoms with Crippen LogP contribution in [-0.2, 0) is 0 Å². The Bertz CT molecular complexity index is 690. The molecule has 0 radical (unpaired) electrons. The summed E-state index contributed by atoms with van der Waals surface area (Å²) in [5.74, 6) is -0.365. The largest absolute Gasteiger partial charge is 0.307 e. The summed E-state index contributed by atoms with van der Waals surface area (Å²) in [4.78, 5) is 22.4. The Morgan fingerprint density at radius 2 is 2.15 bits per heavy atom. The predicted octanol–water partition coefficient (Wildman–Crippen LogP) is 2.16. The summed E-state index contributed by atoms with van der Waals surface area (Å²) in [6.45, 7) is 4.96. The first kappa shape index (κ1) is 14.2. The van der Waals surface area contributed by atoms with Gasteiger partial charge in [0.25, 0.3) is 5.91 Å². The van der Waals surface area contributed by atoms with E-state index in [1.807, 2.05) is 0 Å². The van der Waals surface area contributed by atoms with Crippen LogP contribution in [0.5, 0.6) is 0 Å². The number of nitro groups is 1. The minimum Gasteiger partial charge on any atom is -0.270 e. The number of hydrogen-bond acceptors (Lipinski definition) is 5. The van der Waals surface area contributed by atoms with E-state index in [-0.39, 0.29) is 11.6 Å². The lowest BCUT2D eigenvalue weighted by Crippen LogP contribution is -2.25. The van der Waals surface area contributed by atoms with Gasteiger partial charge >= 0.3 is 5.69 Å². The van der Waals surface area contributed by atoms with Gasteiger partial charge in [0.15, 0.2) is 0 Å². The van der Waals surface area contributed by atoms with Gasteiger partial charge in [0.05, 0.1) is 21.3 Å². The van der Waals surface area contributed by atoms with Crippen molar-refractivity contribution in [3.05, 3.63) is 38.9 Å². The van der Waals surface area contributed by atoms with Crippen molar-refractivity contribution >= 4 is 23.2 Å². The van der Waals surface area contributed by atoms with Gasteiger partial charge in [0, 0.05) is 0 Å². The molecule has 0 saturated heterocycles. The van der Waals surface area contributed by atoms with Crippen LogP contribution in [0.3, 0.4) is 0 Å². The van der Waals surface area contributed by atoms with Crippen molar-refractivity contribution in [1.82, 2.24) is 19.6 Å². The third-order valence-electron chi connectivity index (χ3n) is 2.96.